The Morgan fingerprint density at radius 2 is 2.30 bits per heavy atom. The number of hydrogen-bond acceptors (Lipinski definition) is 4. The molecule has 1 fully saturated rings. The van der Waals surface area contributed by atoms with Gasteiger partial charge in [0.25, 0.3) is 0 Å². The van der Waals surface area contributed by atoms with Gasteiger partial charge in [0.15, 0.2) is 0 Å². The number of amides is 2. The zero-order valence-electron chi connectivity index (χ0n) is 14.1. The van der Waals surface area contributed by atoms with Gasteiger partial charge in [0, 0.05) is 24.3 Å². The van der Waals surface area contributed by atoms with Crippen molar-refractivity contribution in [2.24, 2.45) is 5.41 Å². The molecule has 0 bridgehead atoms. The van der Waals surface area contributed by atoms with Crippen LogP contribution in [-0.2, 0) is 6.42 Å². The average Bonchev–Trinajstić information content (AvgIpc) is 3.02. The van der Waals surface area contributed by atoms with Crippen molar-refractivity contribution >= 4 is 17.8 Å². The highest BCUT2D eigenvalue weighted by molar-refractivity contribution is 7.99. The van der Waals surface area contributed by atoms with E-state index in [1.807, 2.05) is 13.0 Å². The number of urea groups is 1. The minimum atomic E-state index is -0.759. The second kappa shape index (κ2) is 6.06. The molecule has 6 heteroatoms. The van der Waals surface area contributed by atoms with E-state index >= 15 is 0 Å². The Morgan fingerprint density at radius 1 is 1.52 bits per heavy atom. The molecule has 1 saturated heterocycles. The lowest BCUT2D eigenvalue weighted by Gasteiger charge is -2.34. The molecule has 2 aliphatic rings. The predicted octanol–water partition coefficient (Wildman–Crippen LogP) is 2.77. The molecular formula is C17H26N2O3S. The number of furan rings is 1. The second-order valence-electron chi connectivity index (χ2n) is 7.69. The van der Waals surface area contributed by atoms with Gasteiger partial charge in [0.2, 0.25) is 0 Å². The van der Waals surface area contributed by atoms with Gasteiger partial charge in [0.1, 0.15) is 11.5 Å². The van der Waals surface area contributed by atoms with Crippen LogP contribution < -0.4 is 10.6 Å². The lowest BCUT2D eigenvalue weighted by atomic mass is 9.75. The highest BCUT2D eigenvalue weighted by Crippen LogP contribution is 2.41. The fraction of sp³-hybridized carbons (Fsp3) is 0.706. The average molecular weight is 338 g/mol. The number of carbonyl (C=O) groups is 1. The first-order valence-corrected chi connectivity index (χ1v) is 9.36. The van der Waals surface area contributed by atoms with E-state index in [4.69, 9.17) is 4.42 Å². The van der Waals surface area contributed by atoms with E-state index in [0.29, 0.717) is 12.3 Å². The first kappa shape index (κ1) is 16.7. The van der Waals surface area contributed by atoms with E-state index in [9.17, 15) is 9.90 Å². The molecule has 3 rings (SSSR count). The summed E-state index contributed by atoms with van der Waals surface area (Å²) in [4.78, 5) is 12.3. The van der Waals surface area contributed by atoms with Crippen molar-refractivity contribution in [2.75, 3.05) is 18.1 Å². The maximum absolute atomic E-state index is 12.3. The standard InChI is InChI=1S/C17H26N2O3S/c1-11-6-12-13(7-16(2,3)8-14(12)22-11)19-15(20)18-9-17(21)4-5-23-10-17/h6,13,21H,4-5,7-10H2,1-3H3,(H2,18,19,20). The number of aryl methyl sites for hydroxylation is 1. The second-order valence-corrected chi connectivity index (χ2v) is 8.79. The topological polar surface area (TPSA) is 74.5 Å². The smallest absolute Gasteiger partial charge is 0.315 e. The lowest BCUT2D eigenvalue weighted by molar-refractivity contribution is 0.0697. The molecule has 3 N–H and O–H groups in total. The first-order valence-electron chi connectivity index (χ1n) is 8.20. The minimum Gasteiger partial charge on any atom is -0.466 e. The highest BCUT2D eigenvalue weighted by atomic mass is 32.2. The van der Waals surface area contributed by atoms with E-state index in [0.717, 1.165) is 42.1 Å². The molecule has 1 aliphatic carbocycles. The summed E-state index contributed by atoms with van der Waals surface area (Å²) in [6.45, 7) is 6.63. The molecule has 0 spiro atoms. The zero-order chi connectivity index (χ0) is 16.7. The quantitative estimate of drug-likeness (QED) is 0.792. The predicted molar refractivity (Wildman–Crippen MR) is 91.7 cm³/mol. The fourth-order valence-corrected chi connectivity index (χ4v) is 4.80. The van der Waals surface area contributed by atoms with Gasteiger partial charge in [-0.1, -0.05) is 13.8 Å². The molecule has 5 nitrogen and oxygen atoms in total. The number of hydrogen-bond donors (Lipinski definition) is 3. The molecule has 2 atom stereocenters. The van der Waals surface area contributed by atoms with E-state index < -0.39 is 5.60 Å². The van der Waals surface area contributed by atoms with Gasteiger partial charge in [-0.2, -0.15) is 11.8 Å². The molecule has 0 radical (unpaired) electrons. The summed E-state index contributed by atoms with van der Waals surface area (Å²) < 4.78 is 5.80. The van der Waals surface area contributed by atoms with Crippen molar-refractivity contribution in [3.63, 3.8) is 0 Å². The van der Waals surface area contributed by atoms with E-state index in [2.05, 4.69) is 24.5 Å². The van der Waals surface area contributed by atoms with Crippen LogP contribution in [0, 0.1) is 12.3 Å². The van der Waals surface area contributed by atoms with E-state index in [-0.39, 0.29) is 17.5 Å². The van der Waals surface area contributed by atoms with Gasteiger partial charge in [-0.3, -0.25) is 0 Å². The van der Waals surface area contributed by atoms with Crippen LogP contribution in [0.2, 0.25) is 0 Å². The molecule has 0 saturated carbocycles. The number of carbonyl (C=O) groups excluding carboxylic acids is 1. The Morgan fingerprint density at radius 3 is 3.00 bits per heavy atom. The van der Waals surface area contributed by atoms with E-state index in [1.165, 1.54) is 0 Å². The number of nitrogens with one attached hydrogen (secondary N) is 2. The minimum absolute atomic E-state index is 0.0428. The molecule has 1 aliphatic heterocycles. The van der Waals surface area contributed by atoms with Crippen molar-refractivity contribution in [2.45, 2.75) is 51.7 Å². The molecule has 2 unspecified atom stereocenters. The van der Waals surface area contributed by atoms with Crippen molar-refractivity contribution in [3.05, 3.63) is 23.2 Å². The largest absolute Gasteiger partial charge is 0.466 e. The van der Waals surface area contributed by atoms with Crippen molar-refractivity contribution in [3.8, 4) is 0 Å². The summed E-state index contributed by atoms with van der Waals surface area (Å²) in [5, 5.41) is 16.2. The summed E-state index contributed by atoms with van der Waals surface area (Å²) >= 11 is 1.73. The molecule has 2 heterocycles. The SMILES string of the molecule is Cc1cc2c(o1)CC(C)(C)CC2NC(=O)NCC1(O)CCSC1. The van der Waals surface area contributed by atoms with Gasteiger partial charge in [0.05, 0.1) is 11.6 Å². The number of aliphatic hydroxyl groups is 1. The fourth-order valence-electron chi connectivity index (χ4n) is 3.50. The Bertz CT molecular complexity index is 591. The number of fused-ring (bicyclic) bond motifs is 1. The third-order valence-electron chi connectivity index (χ3n) is 4.70. The summed E-state index contributed by atoms with van der Waals surface area (Å²) in [7, 11) is 0. The molecule has 1 aromatic heterocycles. The Balaban J connectivity index is 1.63. The molecular weight excluding hydrogens is 312 g/mol. The monoisotopic (exact) mass is 338 g/mol. The maximum atomic E-state index is 12.3. The summed E-state index contributed by atoms with van der Waals surface area (Å²) in [5.74, 6) is 3.51. The van der Waals surface area contributed by atoms with Crippen LogP contribution in [0.1, 0.15) is 49.8 Å². The molecule has 0 aromatic carbocycles. The van der Waals surface area contributed by atoms with Crippen molar-refractivity contribution in [1.82, 2.24) is 10.6 Å². The van der Waals surface area contributed by atoms with Crippen LogP contribution in [-0.4, -0.2) is 34.8 Å². The van der Waals surface area contributed by atoms with Crippen LogP contribution >= 0.6 is 11.8 Å². The maximum Gasteiger partial charge on any atom is 0.315 e. The van der Waals surface area contributed by atoms with Crippen LogP contribution in [0.3, 0.4) is 0 Å². The lowest BCUT2D eigenvalue weighted by Crippen LogP contribution is -2.48. The first-order chi connectivity index (χ1) is 10.8. The molecule has 2 amide bonds. The van der Waals surface area contributed by atoms with Crippen LogP contribution in [0.5, 0.6) is 0 Å². The summed E-state index contributed by atoms with van der Waals surface area (Å²) in [6.07, 6.45) is 2.51. The van der Waals surface area contributed by atoms with Crippen LogP contribution in [0.4, 0.5) is 4.79 Å². The Kier molecular flexibility index (Phi) is 4.40. The third-order valence-corrected chi connectivity index (χ3v) is 5.94. The van der Waals surface area contributed by atoms with Crippen LogP contribution in [0.15, 0.2) is 10.5 Å². The summed E-state index contributed by atoms with van der Waals surface area (Å²) in [6, 6.07) is 1.76. The Hall–Kier alpha value is -1.14. The Labute approximate surface area is 141 Å². The molecule has 1 aromatic rings. The summed E-state index contributed by atoms with van der Waals surface area (Å²) in [5.41, 5.74) is 0.424. The highest BCUT2D eigenvalue weighted by Gasteiger charge is 2.36. The number of rotatable bonds is 3. The number of thioether (sulfide) groups is 1. The van der Waals surface area contributed by atoms with Crippen molar-refractivity contribution < 1.29 is 14.3 Å². The zero-order valence-corrected chi connectivity index (χ0v) is 14.9. The van der Waals surface area contributed by atoms with Gasteiger partial charge >= 0.3 is 6.03 Å². The molecule has 23 heavy (non-hydrogen) atoms. The van der Waals surface area contributed by atoms with Crippen LogP contribution in [0.25, 0.3) is 0 Å². The molecule has 128 valence electrons. The van der Waals surface area contributed by atoms with Gasteiger partial charge in [-0.05, 0) is 37.0 Å². The van der Waals surface area contributed by atoms with Crippen molar-refractivity contribution in [1.29, 1.82) is 0 Å². The van der Waals surface area contributed by atoms with E-state index in [1.54, 1.807) is 11.8 Å². The van der Waals surface area contributed by atoms with Gasteiger partial charge in [-0.25, -0.2) is 4.79 Å². The van der Waals surface area contributed by atoms with Gasteiger partial charge in [-0.15, -0.1) is 0 Å². The normalized spacial score (nSPS) is 29.1. The third kappa shape index (κ3) is 3.86. The van der Waals surface area contributed by atoms with Gasteiger partial charge < -0.3 is 20.2 Å².